The molecule has 13 rings (SSSR count). The minimum Gasteiger partial charge on any atom is -0.456 e. The number of fused-ring (bicyclic) bond motifs is 12. The van der Waals surface area contributed by atoms with Gasteiger partial charge in [0.1, 0.15) is 17.0 Å². The first-order chi connectivity index (χ1) is 29.7. The molecule has 2 aliphatic rings. The number of hydrogen-bond donors (Lipinski definition) is 1. The fraction of sp³-hybridized carbons (Fsp3) is 0.0364. The van der Waals surface area contributed by atoms with Crippen LogP contribution in [0.2, 0.25) is 0 Å². The van der Waals surface area contributed by atoms with Gasteiger partial charge in [-0.2, -0.15) is 0 Å². The van der Waals surface area contributed by atoms with Crippen molar-refractivity contribution in [3.8, 4) is 11.1 Å². The number of thioether (sulfide) groups is 1. The van der Waals surface area contributed by atoms with Crippen LogP contribution in [0, 0.1) is 0 Å². The lowest BCUT2D eigenvalue weighted by Crippen LogP contribution is -2.32. The molecule has 5 heteroatoms. The lowest BCUT2D eigenvalue weighted by atomic mass is 9.97. The van der Waals surface area contributed by atoms with E-state index in [1.807, 2.05) is 11.8 Å². The van der Waals surface area contributed by atoms with Crippen molar-refractivity contribution in [3.05, 3.63) is 215 Å². The molecule has 0 saturated heterocycles. The summed E-state index contributed by atoms with van der Waals surface area (Å²) in [6, 6.07) is 67.9. The largest absolute Gasteiger partial charge is 0.456 e. The number of furan rings is 1. The van der Waals surface area contributed by atoms with Crippen LogP contribution in [0.4, 0.5) is 0 Å². The molecule has 0 radical (unpaired) electrons. The van der Waals surface area contributed by atoms with Crippen molar-refractivity contribution in [2.24, 2.45) is 4.99 Å². The highest BCUT2D eigenvalue weighted by atomic mass is 32.2. The first-order valence-electron chi connectivity index (χ1n) is 20.5. The van der Waals surface area contributed by atoms with Gasteiger partial charge in [0.25, 0.3) is 0 Å². The van der Waals surface area contributed by atoms with E-state index in [1.54, 1.807) is 0 Å². The first-order valence-corrected chi connectivity index (χ1v) is 21.3. The van der Waals surface area contributed by atoms with Crippen LogP contribution in [0.15, 0.2) is 207 Å². The van der Waals surface area contributed by atoms with Gasteiger partial charge in [-0.05, 0) is 74.8 Å². The topological polar surface area (TPSA) is 42.5 Å². The molecule has 4 nitrogen and oxygen atoms in total. The van der Waals surface area contributed by atoms with Gasteiger partial charge in [-0.1, -0.05) is 163 Å². The number of nitrogens with one attached hydrogen (secondary N) is 1. The van der Waals surface area contributed by atoms with Crippen molar-refractivity contribution < 1.29 is 4.42 Å². The normalized spacial score (nSPS) is 15.0. The van der Waals surface area contributed by atoms with E-state index < -0.39 is 0 Å². The predicted octanol–water partition coefficient (Wildman–Crippen LogP) is 14.3. The van der Waals surface area contributed by atoms with Gasteiger partial charge in [-0.15, -0.1) is 0 Å². The quantitative estimate of drug-likeness (QED) is 0.189. The molecular formula is C55H35N3OS. The van der Waals surface area contributed by atoms with Crippen molar-refractivity contribution >= 4 is 88.6 Å². The van der Waals surface area contributed by atoms with Crippen LogP contribution in [0.5, 0.6) is 0 Å². The maximum absolute atomic E-state index is 6.66. The number of para-hydroxylation sites is 1. The Morgan fingerprint density at radius 2 is 1.28 bits per heavy atom. The Bertz CT molecular complexity index is 3650. The van der Waals surface area contributed by atoms with E-state index in [2.05, 4.69) is 198 Å². The fourth-order valence-corrected chi connectivity index (χ4v) is 10.9. The number of aromatic nitrogens is 1. The molecule has 9 aromatic carbocycles. The second-order valence-electron chi connectivity index (χ2n) is 15.9. The number of nitrogens with zero attached hydrogens (tertiary/aromatic N) is 2. The molecule has 282 valence electrons. The van der Waals surface area contributed by atoms with Crippen LogP contribution >= 0.6 is 11.8 Å². The molecule has 0 saturated carbocycles. The lowest BCUT2D eigenvalue weighted by molar-refractivity contribution is 0.669. The van der Waals surface area contributed by atoms with E-state index in [0.717, 1.165) is 62.3 Å². The van der Waals surface area contributed by atoms with E-state index in [1.165, 1.54) is 64.3 Å². The van der Waals surface area contributed by atoms with E-state index in [0.29, 0.717) is 0 Å². The van der Waals surface area contributed by atoms with Crippen molar-refractivity contribution in [1.82, 2.24) is 9.88 Å². The summed E-state index contributed by atoms with van der Waals surface area (Å²) < 4.78 is 9.14. The average Bonchev–Trinajstić information content (AvgIpc) is 3.98. The van der Waals surface area contributed by atoms with Crippen molar-refractivity contribution in [3.63, 3.8) is 0 Å². The van der Waals surface area contributed by atoms with Crippen molar-refractivity contribution in [2.75, 3.05) is 0 Å². The molecular weight excluding hydrogens is 751 g/mol. The van der Waals surface area contributed by atoms with E-state index in [-0.39, 0.29) is 6.04 Å². The van der Waals surface area contributed by atoms with Gasteiger partial charge < -0.3 is 14.3 Å². The predicted molar refractivity (Wildman–Crippen MR) is 251 cm³/mol. The summed E-state index contributed by atoms with van der Waals surface area (Å²) in [4.78, 5) is 7.97. The summed E-state index contributed by atoms with van der Waals surface area (Å²) in [5.41, 5.74) is 12.2. The van der Waals surface area contributed by atoms with Gasteiger partial charge >= 0.3 is 0 Å². The molecule has 0 amide bonds. The van der Waals surface area contributed by atoms with Crippen LogP contribution < -0.4 is 5.32 Å². The molecule has 0 spiro atoms. The molecule has 0 aliphatic carbocycles. The molecule has 0 fully saturated rings. The molecule has 4 heterocycles. The third-order valence-electron chi connectivity index (χ3n) is 12.5. The molecule has 2 aromatic heterocycles. The summed E-state index contributed by atoms with van der Waals surface area (Å²) in [5, 5.41) is 13.6. The number of rotatable bonds is 5. The Morgan fingerprint density at radius 3 is 2.20 bits per heavy atom. The van der Waals surface area contributed by atoms with E-state index in [4.69, 9.17) is 9.41 Å². The second kappa shape index (κ2) is 13.1. The minimum absolute atomic E-state index is 0.0115. The molecule has 11 aromatic rings. The zero-order valence-electron chi connectivity index (χ0n) is 32.4. The average molecular weight is 786 g/mol. The number of amidine groups is 1. The number of benzene rings is 9. The lowest BCUT2D eigenvalue weighted by Gasteiger charge is -2.26. The maximum atomic E-state index is 6.66. The zero-order chi connectivity index (χ0) is 39.3. The molecule has 0 bridgehead atoms. The monoisotopic (exact) mass is 785 g/mol. The van der Waals surface area contributed by atoms with Gasteiger partial charge in [-0.25, -0.2) is 4.99 Å². The zero-order valence-corrected chi connectivity index (χ0v) is 33.2. The highest BCUT2D eigenvalue weighted by Gasteiger charge is 2.35. The molecule has 1 N–H and O–H groups in total. The summed E-state index contributed by atoms with van der Waals surface area (Å²) in [5.74, 6) is 0.855. The maximum Gasteiger partial charge on any atom is 0.136 e. The van der Waals surface area contributed by atoms with Crippen molar-refractivity contribution in [2.45, 2.75) is 17.5 Å². The minimum atomic E-state index is 0.0115. The third kappa shape index (κ3) is 5.16. The summed E-state index contributed by atoms with van der Waals surface area (Å²) in [6.45, 7) is 0.784. The molecule has 1 unspecified atom stereocenters. The summed E-state index contributed by atoms with van der Waals surface area (Å²) in [7, 11) is 0. The third-order valence-corrected chi connectivity index (χ3v) is 13.7. The molecule has 60 heavy (non-hydrogen) atoms. The highest BCUT2D eigenvalue weighted by Crippen LogP contribution is 2.52. The van der Waals surface area contributed by atoms with Crippen LogP contribution in [0.1, 0.15) is 28.3 Å². The molecule has 1 atom stereocenters. The Morgan fingerprint density at radius 1 is 0.550 bits per heavy atom. The number of aliphatic imine (C=N–C) groups is 1. The van der Waals surface area contributed by atoms with E-state index in [9.17, 15) is 0 Å². The van der Waals surface area contributed by atoms with Gasteiger partial charge in [0.15, 0.2) is 0 Å². The van der Waals surface area contributed by atoms with Gasteiger partial charge in [0.2, 0.25) is 0 Å². The summed E-state index contributed by atoms with van der Waals surface area (Å²) in [6.07, 6.45) is 0. The van der Waals surface area contributed by atoms with Crippen LogP contribution in [0.3, 0.4) is 0 Å². The Balaban J connectivity index is 0.873. The standard InChI is InChI=1S/C55H35N3OS/c1-2-12-37-30-39(25-24-34(37)10-1)51-54-52(44-15-6-8-19-49(44)60-54)57-55(56-51)45-16-9-18-47-50(45)43-29-27-38(31-48(43)59-47)35-22-20-33(21-23-35)32-58-46-17-7-5-14-41(46)42-28-26-36-11-3-4-13-40(36)53(42)58/h1-31,52H,32H2,(H,56,57). The Labute approximate surface area is 350 Å². The highest BCUT2D eigenvalue weighted by molar-refractivity contribution is 8.03. The second-order valence-corrected chi connectivity index (χ2v) is 17.0. The van der Waals surface area contributed by atoms with Crippen molar-refractivity contribution in [1.29, 1.82) is 0 Å². The van der Waals surface area contributed by atoms with Gasteiger partial charge in [0.05, 0.1) is 17.3 Å². The fourth-order valence-electron chi connectivity index (χ4n) is 9.65. The Hall–Kier alpha value is -7.34. The summed E-state index contributed by atoms with van der Waals surface area (Å²) >= 11 is 1.83. The SMILES string of the molecule is c1ccc2c(c1)SC1=C(c3ccc4ccccc4c3)N=C(c3cccc4oc5cc(-c6ccc(Cn7c8ccccc8c8ccc9ccccc9c87)cc6)ccc5c34)NC12. The number of hydrogen-bond acceptors (Lipinski definition) is 4. The van der Waals surface area contributed by atoms with Crippen LogP contribution in [0.25, 0.3) is 82.1 Å². The smallest absolute Gasteiger partial charge is 0.136 e. The molecule has 2 aliphatic heterocycles. The first kappa shape index (κ1) is 33.6. The Kier molecular flexibility index (Phi) is 7.33. The van der Waals surface area contributed by atoms with Crippen LogP contribution in [-0.4, -0.2) is 10.4 Å². The van der Waals surface area contributed by atoms with E-state index >= 15 is 0 Å². The van der Waals surface area contributed by atoms with Crippen LogP contribution in [-0.2, 0) is 6.54 Å². The van der Waals surface area contributed by atoms with Gasteiger partial charge in [0, 0.05) is 59.9 Å². The van der Waals surface area contributed by atoms with Gasteiger partial charge in [-0.3, -0.25) is 0 Å².